The summed E-state index contributed by atoms with van der Waals surface area (Å²) in [5.74, 6) is 2.08. The quantitative estimate of drug-likeness (QED) is 0.737. The van der Waals surface area contributed by atoms with Gasteiger partial charge in [-0.25, -0.2) is 0 Å². The topological polar surface area (TPSA) is 41.6 Å². The van der Waals surface area contributed by atoms with Crippen molar-refractivity contribution in [2.45, 2.75) is 24.9 Å². The predicted molar refractivity (Wildman–Crippen MR) is 60.9 cm³/mol. The Bertz CT molecular complexity index is 227. The Morgan fingerprint density at radius 1 is 1.60 bits per heavy atom. The van der Waals surface area contributed by atoms with E-state index in [9.17, 15) is 4.79 Å². The SMILES string of the molecule is COCCN(C(=O)C1CSCN1)C1CC1. The number of hydrogen-bond acceptors (Lipinski definition) is 4. The zero-order chi connectivity index (χ0) is 10.7. The summed E-state index contributed by atoms with van der Waals surface area (Å²) in [6.07, 6.45) is 2.32. The van der Waals surface area contributed by atoms with Crippen molar-refractivity contribution in [3.63, 3.8) is 0 Å². The van der Waals surface area contributed by atoms with E-state index < -0.39 is 0 Å². The van der Waals surface area contributed by atoms with E-state index in [0.29, 0.717) is 12.6 Å². The van der Waals surface area contributed by atoms with Gasteiger partial charge in [0.1, 0.15) is 0 Å². The Kier molecular flexibility index (Phi) is 3.88. The van der Waals surface area contributed by atoms with Crippen molar-refractivity contribution in [3.05, 3.63) is 0 Å². The molecule has 0 spiro atoms. The van der Waals surface area contributed by atoms with Crippen LogP contribution in [-0.2, 0) is 9.53 Å². The molecule has 0 aromatic rings. The molecule has 1 amide bonds. The van der Waals surface area contributed by atoms with Crippen LogP contribution < -0.4 is 5.32 Å². The third-order valence-corrected chi connectivity index (χ3v) is 3.76. The summed E-state index contributed by atoms with van der Waals surface area (Å²) in [4.78, 5) is 14.1. The molecule has 4 nitrogen and oxygen atoms in total. The summed E-state index contributed by atoms with van der Waals surface area (Å²) in [5.41, 5.74) is 0. The molecule has 15 heavy (non-hydrogen) atoms. The molecule has 1 saturated carbocycles. The van der Waals surface area contributed by atoms with Gasteiger partial charge in [-0.1, -0.05) is 0 Å². The number of carbonyl (C=O) groups is 1. The van der Waals surface area contributed by atoms with Gasteiger partial charge >= 0.3 is 0 Å². The lowest BCUT2D eigenvalue weighted by atomic mass is 10.3. The Morgan fingerprint density at radius 3 is 2.93 bits per heavy atom. The second kappa shape index (κ2) is 5.18. The molecule has 1 N–H and O–H groups in total. The molecule has 86 valence electrons. The van der Waals surface area contributed by atoms with Crippen molar-refractivity contribution < 1.29 is 9.53 Å². The first-order valence-corrected chi connectivity index (χ1v) is 6.59. The predicted octanol–water partition coefficient (Wildman–Crippen LogP) is 0.286. The van der Waals surface area contributed by atoms with Crippen molar-refractivity contribution in [1.82, 2.24) is 10.2 Å². The van der Waals surface area contributed by atoms with Gasteiger partial charge in [-0.05, 0) is 12.8 Å². The average Bonchev–Trinajstić information content (AvgIpc) is 2.94. The van der Waals surface area contributed by atoms with Gasteiger partial charge in [-0.15, -0.1) is 11.8 Å². The molecule has 2 rings (SSSR count). The number of hydrogen-bond donors (Lipinski definition) is 1. The molecular formula is C10H18N2O2S. The van der Waals surface area contributed by atoms with Crippen molar-refractivity contribution >= 4 is 17.7 Å². The number of ether oxygens (including phenoxy) is 1. The monoisotopic (exact) mass is 230 g/mol. The van der Waals surface area contributed by atoms with Gasteiger partial charge < -0.3 is 9.64 Å². The van der Waals surface area contributed by atoms with Gasteiger partial charge in [0.2, 0.25) is 5.91 Å². The maximum atomic E-state index is 12.1. The first kappa shape index (κ1) is 11.2. The molecule has 2 aliphatic rings. The molecule has 1 aliphatic heterocycles. The molecule has 1 saturated heterocycles. The van der Waals surface area contributed by atoms with E-state index in [1.807, 2.05) is 4.90 Å². The maximum Gasteiger partial charge on any atom is 0.240 e. The Hall–Kier alpha value is -0.260. The number of methoxy groups -OCH3 is 1. The highest BCUT2D eigenvalue weighted by molar-refractivity contribution is 7.99. The molecule has 0 aromatic heterocycles. The van der Waals surface area contributed by atoms with Crippen LogP contribution in [0.1, 0.15) is 12.8 Å². The summed E-state index contributed by atoms with van der Waals surface area (Å²) in [5, 5.41) is 3.23. The molecule has 1 heterocycles. The first-order chi connectivity index (χ1) is 7.33. The van der Waals surface area contributed by atoms with Crippen molar-refractivity contribution in [2.75, 3.05) is 31.9 Å². The molecule has 2 fully saturated rings. The normalized spacial score (nSPS) is 25.5. The van der Waals surface area contributed by atoms with Crippen LogP contribution in [0.5, 0.6) is 0 Å². The number of rotatable bonds is 5. The lowest BCUT2D eigenvalue weighted by Gasteiger charge is -2.25. The number of nitrogens with zero attached hydrogens (tertiary/aromatic N) is 1. The van der Waals surface area contributed by atoms with E-state index in [-0.39, 0.29) is 11.9 Å². The number of nitrogens with one attached hydrogen (secondary N) is 1. The highest BCUT2D eigenvalue weighted by Gasteiger charge is 2.36. The van der Waals surface area contributed by atoms with E-state index in [1.54, 1.807) is 18.9 Å². The Morgan fingerprint density at radius 2 is 2.40 bits per heavy atom. The van der Waals surface area contributed by atoms with Gasteiger partial charge in [-0.2, -0.15) is 0 Å². The molecule has 0 aromatic carbocycles. The lowest BCUT2D eigenvalue weighted by molar-refractivity contribution is -0.133. The molecule has 0 bridgehead atoms. The summed E-state index contributed by atoms with van der Waals surface area (Å²) in [6.45, 7) is 1.38. The van der Waals surface area contributed by atoms with Gasteiger partial charge in [-0.3, -0.25) is 10.1 Å². The van der Waals surface area contributed by atoms with Crippen LogP contribution in [0.3, 0.4) is 0 Å². The van der Waals surface area contributed by atoms with Crippen LogP contribution in [0, 0.1) is 0 Å². The van der Waals surface area contributed by atoms with Gasteiger partial charge in [0.05, 0.1) is 12.6 Å². The van der Waals surface area contributed by atoms with Crippen LogP contribution in [0.4, 0.5) is 0 Å². The molecular weight excluding hydrogens is 212 g/mol. The van der Waals surface area contributed by atoms with Crippen LogP contribution in [-0.4, -0.2) is 54.8 Å². The van der Waals surface area contributed by atoms with Crippen LogP contribution in [0.15, 0.2) is 0 Å². The third-order valence-electron chi connectivity index (χ3n) is 2.82. The Labute approximate surface area is 94.7 Å². The van der Waals surface area contributed by atoms with Crippen molar-refractivity contribution in [1.29, 1.82) is 0 Å². The molecule has 5 heteroatoms. The fourth-order valence-electron chi connectivity index (χ4n) is 1.80. The van der Waals surface area contributed by atoms with Gasteiger partial charge in [0.25, 0.3) is 0 Å². The largest absolute Gasteiger partial charge is 0.383 e. The second-order valence-electron chi connectivity index (χ2n) is 4.03. The van der Waals surface area contributed by atoms with E-state index in [0.717, 1.165) is 31.0 Å². The van der Waals surface area contributed by atoms with E-state index in [1.165, 1.54) is 0 Å². The van der Waals surface area contributed by atoms with Crippen molar-refractivity contribution in [2.24, 2.45) is 0 Å². The first-order valence-electron chi connectivity index (χ1n) is 5.43. The highest BCUT2D eigenvalue weighted by Crippen LogP contribution is 2.28. The van der Waals surface area contributed by atoms with Crippen LogP contribution in [0.25, 0.3) is 0 Å². The molecule has 1 aliphatic carbocycles. The smallest absolute Gasteiger partial charge is 0.240 e. The minimum absolute atomic E-state index is 0.0347. The number of thioether (sulfide) groups is 1. The Balaban J connectivity index is 1.87. The maximum absolute atomic E-state index is 12.1. The summed E-state index contributed by atoms with van der Waals surface area (Å²) < 4.78 is 5.04. The van der Waals surface area contributed by atoms with E-state index in [2.05, 4.69) is 5.32 Å². The minimum atomic E-state index is 0.0347. The second-order valence-corrected chi connectivity index (χ2v) is 5.06. The molecule has 1 unspecified atom stereocenters. The standard InChI is InChI=1S/C10H18N2O2S/c1-14-5-4-12(8-2-3-8)10(13)9-6-15-7-11-9/h8-9,11H,2-7H2,1H3. The number of carbonyl (C=O) groups excluding carboxylic acids is 1. The van der Waals surface area contributed by atoms with E-state index in [4.69, 9.17) is 4.74 Å². The van der Waals surface area contributed by atoms with Gasteiger partial charge in [0.15, 0.2) is 0 Å². The summed E-state index contributed by atoms with van der Waals surface area (Å²) in [7, 11) is 1.68. The molecule has 0 radical (unpaired) electrons. The third kappa shape index (κ3) is 2.86. The summed E-state index contributed by atoms with van der Waals surface area (Å²) in [6, 6.07) is 0.521. The highest BCUT2D eigenvalue weighted by atomic mass is 32.2. The summed E-state index contributed by atoms with van der Waals surface area (Å²) >= 11 is 1.79. The fraction of sp³-hybridized carbons (Fsp3) is 0.900. The van der Waals surface area contributed by atoms with Crippen LogP contribution >= 0.6 is 11.8 Å². The lowest BCUT2D eigenvalue weighted by Crippen LogP contribution is -2.47. The zero-order valence-corrected chi connectivity index (χ0v) is 9.89. The van der Waals surface area contributed by atoms with Crippen LogP contribution in [0.2, 0.25) is 0 Å². The molecule has 1 atom stereocenters. The minimum Gasteiger partial charge on any atom is -0.383 e. The zero-order valence-electron chi connectivity index (χ0n) is 9.07. The van der Waals surface area contributed by atoms with Crippen molar-refractivity contribution in [3.8, 4) is 0 Å². The fourth-order valence-corrected chi connectivity index (χ4v) is 2.74. The average molecular weight is 230 g/mol. The van der Waals surface area contributed by atoms with Gasteiger partial charge in [0, 0.05) is 31.3 Å². The van der Waals surface area contributed by atoms with E-state index >= 15 is 0 Å². The number of amides is 1.